The first-order chi connectivity index (χ1) is 25.2. The summed E-state index contributed by atoms with van der Waals surface area (Å²) in [5.74, 6) is -0.230. The lowest BCUT2D eigenvalue weighted by molar-refractivity contribution is 0.0996. The molecule has 1 amide bonds. The highest BCUT2D eigenvalue weighted by atomic mass is 32.2. The zero-order valence-corrected chi connectivity index (χ0v) is 29.3. The summed E-state index contributed by atoms with van der Waals surface area (Å²) in [4.78, 5) is 26.4. The predicted molar refractivity (Wildman–Crippen MR) is 202 cm³/mol. The van der Waals surface area contributed by atoms with Gasteiger partial charge in [0.15, 0.2) is 15.5 Å². The van der Waals surface area contributed by atoms with Crippen molar-refractivity contribution in [2.45, 2.75) is 36.1 Å². The topological polar surface area (TPSA) is 109 Å². The van der Waals surface area contributed by atoms with Crippen LogP contribution in [0.25, 0.3) is 22.4 Å². The van der Waals surface area contributed by atoms with E-state index in [1.54, 1.807) is 67.4 Å². The zero-order valence-electron chi connectivity index (χ0n) is 28.5. The van der Waals surface area contributed by atoms with E-state index in [0.29, 0.717) is 44.8 Å². The monoisotopic (exact) mass is 699 g/mol. The summed E-state index contributed by atoms with van der Waals surface area (Å²) in [6.07, 6.45) is 3.64. The highest BCUT2D eigenvalue weighted by Gasteiger charge is 2.42. The van der Waals surface area contributed by atoms with Crippen molar-refractivity contribution in [1.29, 1.82) is 5.26 Å². The Balaban J connectivity index is 1.42. The molecule has 2 aromatic heterocycles. The maximum atomic E-state index is 14.2. The second-order valence-corrected chi connectivity index (χ2v) is 15.6. The van der Waals surface area contributed by atoms with E-state index in [1.807, 2.05) is 60.8 Å². The fourth-order valence-electron chi connectivity index (χ4n) is 7.24. The second kappa shape index (κ2) is 12.7. The van der Waals surface area contributed by atoms with Gasteiger partial charge >= 0.3 is 0 Å². The molecular formula is C43H33N5O3S. The minimum absolute atomic E-state index is 0.194. The molecule has 0 aliphatic carbocycles. The smallest absolute Gasteiger partial charge is 0.259 e. The van der Waals surface area contributed by atoms with Crippen LogP contribution >= 0.6 is 0 Å². The van der Waals surface area contributed by atoms with Crippen molar-refractivity contribution in [1.82, 2.24) is 14.5 Å². The van der Waals surface area contributed by atoms with Crippen LogP contribution in [0.1, 0.15) is 52.0 Å². The Kier molecular flexibility index (Phi) is 8.05. The van der Waals surface area contributed by atoms with Crippen LogP contribution < -0.4 is 4.90 Å². The van der Waals surface area contributed by atoms with Gasteiger partial charge in [-0.25, -0.2) is 18.4 Å². The van der Waals surface area contributed by atoms with Gasteiger partial charge in [-0.2, -0.15) is 5.26 Å². The lowest BCUT2D eigenvalue weighted by atomic mass is 9.76. The molecule has 1 aliphatic heterocycles. The number of fused-ring (bicyclic) bond motifs is 2. The van der Waals surface area contributed by atoms with Gasteiger partial charge in [0.05, 0.1) is 45.9 Å². The number of amides is 1. The normalized spacial score (nSPS) is 13.0. The van der Waals surface area contributed by atoms with Gasteiger partial charge in [-0.05, 0) is 54.8 Å². The number of carbonyl (C=O) groups is 1. The third kappa shape index (κ3) is 5.10. The lowest BCUT2D eigenvalue weighted by Crippen LogP contribution is -2.37. The van der Waals surface area contributed by atoms with Crippen molar-refractivity contribution >= 4 is 32.6 Å². The van der Waals surface area contributed by atoms with Gasteiger partial charge in [-0.3, -0.25) is 4.79 Å². The molecule has 0 bridgehead atoms. The van der Waals surface area contributed by atoms with Crippen LogP contribution in [0.5, 0.6) is 0 Å². The first-order valence-electron chi connectivity index (χ1n) is 17.0. The summed E-state index contributed by atoms with van der Waals surface area (Å²) in [5.41, 5.74) is 6.36. The number of hydrogen-bond acceptors (Lipinski definition) is 6. The van der Waals surface area contributed by atoms with E-state index >= 15 is 0 Å². The van der Waals surface area contributed by atoms with Gasteiger partial charge < -0.3 is 9.47 Å². The average Bonchev–Trinajstić information content (AvgIpc) is 3.73. The number of rotatable bonds is 8. The first-order valence-corrected chi connectivity index (χ1v) is 18.5. The number of nitrogens with zero attached hydrogens (tertiary/aromatic N) is 5. The summed E-state index contributed by atoms with van der Waals surface area (Å²) in [6.45, 7) is 3.51. The molecule has 7 aromatic rings. The van der Waals surface area contributed by atoms with Crippen LogP contribution in [0.3, 0.4) is 0 Å². The summed E-state index contributed by atoms with van der Waals surface area (Å²) in [5, 5.41) is 9.37. The van der Waals surface area contributed by atoms with E-state index in [9.17, 15) is 18.5 Å². The second-order valence-electron chi connectivity index (χ2n) is 13.1. The van der Waals surface area contributed by atoms with Crippen molar-refractivity contribution in [3.63, 3.8) is 0 Å². The Morgan fingerprint density at radius 3 is 1.88 bits per heavy atom. The molecule has 0 fully saturated rings. The molecule has 254 valence electrons. The lowest BCUT2D eigenvalue weighted by Gasteiger charge is -2.38. The van der Waals surface area contributed by atoms with Crippen molar-refractivity contribution in [2.24, 2.45) is 0 Å². The summed E-state index contributed by atoms with van der Waals surface area (Å²) < 4.78 is 27.9. The SMILES string of the molecule is CC(C)S(=O)(=O)c1ccc(-c2cnc3c(n2)c(N2Cc4c(C#N)cccc4C2=O)cn3C(c2ccccc2)(c2ccccc2)c2ccccc2)cc1. The number of benzene rings is 5. The quantitative estimate of drug-likeness (QED) is 0.148. The minimum atomic E-state index is -3.47. The van der Waals surface area contributed by atoms with Gasteiger partial charge in [-0.1, -0.05) is 109 Å². The van der Waals surface area contributed by atoms with Crippen LogP contribution in [0.15, 0.2) is 151 Å². The van der Waals surface area contributed by atoms with Gasteiger partial charge in [0, 0.05) is 22.9 Å². The number of carbonyl (C=O) groups excluding carboxylic acids is 1. The number of sulfone groups is 1. The third-order valence-corrected chi connectivity index (χ3v) is 12.1. The standard InChI is InChI=1S/C43H33N5O3S/c1-29(2)52(50,51)35-23-21-30(22-24-35)38-26-45-41-40(46-38)39(47-27-37-31(25-44)13-12-20-36(37)42(47)49)28-48(41)43(32-14-6-3-7-15-32,33-16-8-4-9-17-33)34-18-10-5-11-19-34/h3-24,26,28-29H,27H2,1-2H3. The highest BCUT2D eigenvalue weighted by Crippen LogP contribution is 2.46. The molecule has 0 saturated heterocycles. The third-order valence-electron chi connectivity index (χ3n) is 9.89. The molecule has 8 rings (SSSR count). The van der Waals surface area contributed by atoms with Crippen molar-refractivity contribution in [2.75, 3.05) is 4.90 Å². The van der Waals surface area contributed by atoms with E-state index in [1.165, 1.54) is 0 Å². The minimum Gasteiger partial charge on any atom is -0.310 e. The summed E-state index contributed by atoms with van der Waals surface area (Å²) in [6, 6.07) is 44.7. The molecule has 0 N–H and O–H groups in total. The van der Waals surface area contributed by atoms with Crippen molar-refractivity contribution < 1.29 is 13.2 Å². The molecular weight excluding hydrogens is 667 g/mol. The van der Waals surface area contributed by atoms with Gasteiger partial charge in [0.2, 0.25) is 0 Å². The molecule has 8 nitrogen and oxygen atoms in total. The van der Waals surface area contributed by atoms with E-state index in [2.05, 4.69) is 47.0 Å². The molecule has 3 heterocycles. The highest BCUT2D eigenvalue weighted by molar-refractivity contribution is 7.92. The molecule has 0 unspecified atom stereocenters. The Morgan fingerprint density at radius 1 is 0.769 bits per heavy atom. The average molecular weight is 700 g/mol. The van der Waals surface area contributed by atoms with Crippen LogP contribution in [0.2, 0.25) is 0 Å². The van der Waals surface area contributed by atoms with E-state index < -0.39 is 20.6 Å². The van der Waals surface area contributed by atoms with E-state index in [0.717, 1.165) is 16.7 Å². The van der Waals surface area contributed by atoms with Gasteiger partial charge in [0.25, 0.3) is 5.91 Å². The van der Waals surface area contributed by atoms with Crippen molar-refractivity contribution in [3.05, 3.63) is 179 Å². The molecule has 1 aliphatic rings. The van der Waals surface area contributed by atoms with E-state index in [-0.39, 0.29) is 17.3 Å². The Bertz CT molecular complexity index is 2520. The first kappa shape index (κ1) is 32.8. The molecule has 52 heavy (non-hydrogen) atoms. The van der Waals surface area contributed by atoms with Gasteiger partial charge in [0.1, 0.15) is 11.1 Å². The molecule has 0 radical (unpaired) electrons. The van der Waals surface area contributed by atoms with Crippen LogP contribution in [0, 0.1) is 11.3 Å². The summed E-state index contributed by atoms with van der Waals surface area (Å²) >= 11 is 0. The Labute approximate surface area is 302 Å². The van der Waals surface area contributed by atoms with Crippen molar-refractivity contribution in [3.8, 4) is 17.3 Å². The molecule has 0 atom stereocenters. The maximum absolute atomic E-state index is 14.2. The maximum Gasteiger partial charge on any atom is 0.259 e. The fraction of sp³-hybridized carbons (Fsp3) is 0.116. The molecule has 9 heteroatoms. The molecule has 0 saturated carbocycles. The summed E-state index contributed by atoms with van der Waals surface area (Å²) in [7, 11) is -3.47. The van der Waals surface area contributed by atoms with Crippen LogP contribution in [0.4, 0.5) is 5.69 Å². The zero-order chi connectivity index (χ0) is 36.0. The van der Waals surface area contributed by atoms with E-state index in [4.69, 9.17) is 9.97 Å². The van der Waals surface area contributed by atoms with Crippen LogP contribution in [-0.2, 0) is 21.9 Å². The predicted octanol–water partition coefficient (Wildman–Crippen LogP) is 8.15. The van der Waals surface area contributed by atoms with Gasteiger partial charge in [-0.15, -0.1) is 0 Å². The number of nitriles is 1. The molecule has 5 aromatic carbocycles. The fourth-order valence-corrected chi connectivity index (χ4v) is 8.30. The largest absolute Gasteiger partial charge is 0.310 e. The number of anilines is 1. The van der Waals surface area contributed by atoms with Crippen LogP contribution in [-0.4, -0.2) is 34.1 Å². The Morgan fingerprint density at radius 2 is 1.35 bits per heavy atom. The number of aromatic nitrogens is 3. The number of hydrogen-bond donors (Lipinski definition) is 0. The Hall–Kier alpha value is -6.37. The molecule has 0 spiro atoms.